The van der Waals surface area contributed by atoms with Gasteiger partial charge < -0.3 is 19.7 Å². The van der Waals surface area contributed by atoms with Crippen molar-refractivity contribution in [2.75, 3.05) is 0 Å². The molecule has 0 amide bonds. The van der Waals surface area contributed by atoms with Crippen LogP contribution in [-0.2, 0) is 19.1 Å². The van der Waals surface area contributed by atoms with E-state index in [1.165, 1.54) is 13.8 Å². The van der Waals surface area contributed by atoms with Gasteiger partial charge in [-0.05, 0) is 67.4 Å². The number of carbonyl (C=O) groups is 2. The molecule has 0 unspecified atom stereocenters. The first kappa shape index (κ1) is 20.6. The quantitative estimate of drug-likeness (QED) is 0.687. The van der Waals surface area contributed by atoms with Crippen LogP contribution >= 0.6 is 0 Å². The number of hydrogen-bond donors (Lipinski definition) is 2. The van der Waals surface area contributed by atoms with E-state index in [1.807, 2.05) is 6.08 Å². The average molecular weight is 405 g/mol. The zero-order chi connectivity index (χ0) is 21.1. The molecule has 6 nitrogen and oxygen atoms in total. The third kappa shape index (κ3) is 3.15. The summed E-state index contributed by atoms with van der Waals surface area (Å²) in [6, 6.07) is 0. The summed E-state index contributed by atoms with van der Waals surface area (Å²) in [5, 5.41) is 21.3. The predicted octanol–water partition coefficient (Wildman–Crippen LogP) is 3.02. The van der Waals surface area contributed by atoms with Gasteiger partial charge in [0.1, 0.15) is 11.9 Å². The standard InChI is InChI=1S/C23H32O6/c1-12(24)28-18-10-14-9-15(26)5-7-22(14,3)16-6-8-23(4)17(20(16)18)11-19(21(23)27)29-13(2)25/h10,15-17,19,21,26-27H,5-9,11H2,1-4H3/t15-,16-,17-,19+,21-,22-,23-/m0/s1. The van der Waals surface area contributed by atoms with E-state index in [0.29, 0.717) is 18.6 Å². The van der Waals surface area contributed by atoms with Crippen LogP contribution in [0, 0.1) is 22.7 Å². The van der Waals surface area contributed by atoms with Crippen molar-refractivity contribution >= 4 is 11.9 Å². The van der Waals surface area contributed by atoms with Crippen LogP contribution < -0.4 is 0 Å². The van der Waals surface area contributed by atoms with Crippen LogP contribution in [0.2, 0.25) is 0 Å². The number of rotatable bonds is 2. The molecule has 4 aliphatic rings. The number of fused-ring (bicyclic) bond motifs is 5. The number of aliphatic hydroxyl groups excluding tert-OH is 2. The van der Waals surface area contributed by atoms with Crippen molar-refractivity contribution in [3.05, 3.63) is 23.0 Å². The Morgan fingerprint density at radius 1 is 1.07 bits per heavy atom. The Bertz CT molecular complexity index is 797. The highest BCUT2D eigenvalue weighted by molar-refractivity contribution is 5.68. The van der Waals surface area contributed by atoms with Gasteiger partial charge in [0.15, 0.2) is 0 Å². The summed E-state index contributed by atoms with van der Waals surface area (Å²) >= 11 is 0. The first-order valence-electron chi connectivity index (χ1n) is 10.7. The second kappa shape index (κ2) is 6.95. The van der Waals surface area contributed by atoms with E-state index in [0.717, 1.165) is 36.8 Å². The van der Waals surface area contributed by atoms with E-state index in [1.54, 1.807) is 0 Å². The van der Waals surface area contributed by atoms with Crippen LogP contribution in [0.5, 0.6) is 0 Å². The summed E-state index contributed by atoms with van der Waals surface area (Å²) in [7, 11) is 0. The summed E-state index contributed by atoms with van der Waals surface area (Å²) in [6.07, 6.45) is 4.82. The molecule has 6 heteroatoms. The zero-order valence-electron chi connectivity index (χ0n) is 17.7. The molecule has 0 aliphatic heterocycles. The largest absolute Gasteiger partial charge is 0.460 e. The number of carbonyl (C=O) groups excluding carboxylic acids is 2. The van der Waals surface area contributed by atoms with Crippen molar-refractivity contribution in [3.63, 3.8) is 0 Å². The summed E-state index contributed by atoms with van der Waals surface area (Å²) in [6.45, 7) is 7.09. The van der Waals surface area contributed by atoms with Gasteiger partial charge in [-0.3, -0.25) is 9.59 Å². The lowest BCUT2D eigenvalue weighted by molar-refractivity contribution is -0.153. The number of hydrogen-bond acceptors (Lipinski definition) is 6. The number of aliphatic hydroxyl groups is 2. The zero-order valence-corrected chi connectivity index (χ0v) is 17.7. The van der Waals surface area contributed by atoms with Crippen LogP contribution in [0.25, 0.3) is 0 Å². The van der Waals surface area contributed by atoms with Gasteiger partial charge in [-0.15, -0.1) is 0 Å². The molecule has 0 bridgehead atoms. The molecule has 160 valence electrons. The normalized spacial score (nSPS) is 43.7. The van der Waals surface area contributed by atoms with Gasteiger partial charge in [-0.25, -0.2) is 0 Å². The Kier molecular flexibility index (Phi) is 4.94. The smallest absolute Gasteiger partial charge is 0.308 e. The molecular formula is C23H32O6. The molecule has 0 spiro atoms. The van der Waals surface area contributed by atoms with E-state index < -0.39 is 17.6 Å². The van der Waals surface area contributed by atoms with Crippen LogP contribution in [0.4, 0.5) is 0 Å². The van der Waals surface area contributed by atoms with Gasteiger partial charge in [0.2, 0.25) is 0 Å². The highest BCUT2D eigenvalue weighted by Gasteiger charge is 2.61. The van der Waals surface area contributed by atoms with Crippen molar-refractivity contribution in [1.29, 1.82) is 0 Å². The molecule has 4 aliphatic carbocycles. The maximum absolute atomic E-state index is 11.9. The lowest BCUT2D eigenvalue weighted by Crippen LogP contribution is -2.48. The minimum Gasteiger partial charge on any atom is -0.460 e. The summed E-state index contributed by atoms with van der Waals surface area (Å²) < 4.78 is 11.1. The molecule has 0 aromatic carbocycles. The number of allylic oxidation sites excluding steroid dienone is 2. The maximum Gasteiger partial charge on any atom is 0.308 e. The Morgan fingerprint density at radius 3 is 2.45 bits per heavy atom. The van der Waals surface area contributed by atoms with E-state index >= 15 is 0 Å². The summed E-state index contributed by atoms with van der Waals surface area (Å²) in [5.74, 6) is 0.00399. The minimum absolute atomic E-state index is 0.0172. The first-order chi connectivity index (χ1) is 13.6. The van der Waals surface area contributed by atoms with E-state index in [2.05, 4.69) is 13.8 Å². The third-order valence-electron chi connectivity index (χ3n) is 8.13. The van der Waals surface area contributed by atoms with Gasteiger partial charge in [0.05, 0.1) is 12.2 Å². The van der Waals surface area contributed by atoms with Gasteiger partial charge in [-0.1, -0.05) is 19.4 Å². The Labute approximate surface area is 172 Å². The molecule has 29 heavy (non-hydrogen) atoms. The van der Waals surface area contributed by atoms with Crippen molar-refractivity contribution in [2.45, 2.75) is 84.5 Å². The van der Waals surface area contributed by atoms with Crippen LogP contribution in [0.3, 0.4) is 0 Å². The molecule has 0 radical (unpaired) electrons. The van der Waals surface area contributed by atoms with E-state index in [4.69, 9.17) is 9.47 Å². The second-order valence-corrected chi connectivity index (χ2v) is 9.87. The SMILES string of the molecule is CC(=O)OC1=C2[C@@H]3C[C@@H](OC(C)=O)[C@H](O)[C@@]3(C)CC[C@@H]2[C@@]2(C)CC[C@H](O)CC2=C1. The molecular weight excluding hydrogens is 372 g/mol. The molecule has 0 aromatic heterocycles. The fourth-order valence-corrected chi connectivity index (χ4v) is 6.57. The van der Waals surface area contributed by atoms with Gasteiger partial charge in [0.25, 0.3) is 0 Å². The van der Waals surface area contributed by atoms with E-state index in [-0.39, 0.29) is 35.3 Å². The predicted molar refractivity (Wildman–Crippen MR) is 105 cm³/mol. The lowest BCUT2D eigenvalue weighted by Gasteiger charge is -2.54. The Balaban J connectivity index is 1.81. The minimum atomic E-state index is -0.741. The lowest BCUT2D eigenvalue weighted by atomic mass is 9.51. The van der Waals surface area contributed by atoms with Gasteiger partial charge in [-0.2, -0.15) is 0 Å². The van der Waals surface area contributed by atoms with Crippen LogP contribution in [0.1, 0.15) is 66.2 Å². The fraction of sp³-hybridized carbons (Fsp3) is 0.739. The molecule has 0 saturated heterocycles. The van der Waals surface area contributed by atoms with Crippen molar-refractivity contribution in [3.8, 4) is 0 Å². The number of esters is 2. The molecule has 0 heterocycles. The molecule has 3 fully saturated rings. The second-order valence-electron chi connectivity index (χ2n) is 9.87. The highest BCUT2D eigenvalue weighted by atomic mass is 16.6. The maximum atomic E-state index is 11.9. The fourth-order valence-electron chi connectivity index (χ4n) is 6.57. The average Bonchev–Trinajstić information content (AvgIpc) is 2.87. The van der Waals surface area contributed by atoms with Gasteiger partial charge >= 0.3 is 11.9 Å². The molecule has 2 N–H and O–H groups in total. The summed E-state index contributed by atoms with van der Waals surface area (Å²) in [4.78, 5) is 23.5. The van der Waals surface area contributed by atoms with Gasteiger partial charge in [0, 0.05) is 19.3 Å². The molecule has 0 aromatic rings. The molecule has 3 saturated carbocycles. The van der Waals surface area contributed by atoms with E-state index in [9.17, 15) is 19.8 Å². The Morgan fingerprint density at radius 2 is 1.79 bits per heavy atom. The monoisotopic (exact) mass is 404 g/mol. The third-order valence-corrected chi connectivity index (χ3v) is 8.13. The topological polar surface area (TPSA) is 93.1 Å². The summed E-state index contributed by atoms with van der Waals surface area (Å²) in [5.41, 5.74) is 1.74. The van der Waals surface area contributed by atoms with Crippen LogP contribution in [-0.4, -0.2) is 40.5 Å². The van der Waals surface area contributed by atoms with Crippen LogP contribution in [0.15, 0.2) is 23.0 Å². The number of ether oxygens (including phenoxy) is 2. The molecule has 7 atom stereocenters. The molecule has 4 rings (SSSR count). The van der Waals surface area contributed by atoms with Crippen molar-refractivity contribution < 1.29 is 29.3 Å². The Hall–Kier alpha value is -1.66. The van der Waals surface area contributed by atoms with Crippen molar-refractivity contribution in [2.24, 2.45) is 22.7 Å². The first-order valence-corrected chi connectivity index (χ1v) is 10.7. The van der Waals surface area contributed by atoms with Crippen molar-refractivity contribution in [1.82, 2.24) is 0 Å². The highest BCUT2D eigenvalue weighted by Crippen LogP contribution is 2.64.